The van der Waals surface area contributed by atoms with Gasteiger partial charge in [-0.1, -0.05) is 26.0 Å². The van der Waals surface area contributed by atoms with Crippen LogP contribution < -0.4 is 48.4 Å². The minimum atomic E-state index is -1.30. The zero-order chi connectivity index (χ0) is 30.0. The average Bonchev–Trinajstić information content (AvgIpc) is 3.42. The summed E-state index contributed by atoms with van der Waals surface area (Å²) in [7, 11) is 0. The van der Waals surface area contributed by atoms with Crippen molar-refractivity contribution in [2.45, 2.75) is 55.6 Å². The van der Waals surface area contributed by atoms with E-state index in [1.54, 1.807) is 11.0 Å². The van der Waals surface area contributed by atoms with Crippen molar-refractivity contribution in [3.8, 4) is 5.75 Å². The second-order valence-electron chi connectivity index (χ2n) is 11.6. The SMILES string of the molecule is CC1(C)CCOc2c(C(=O)NC3CN4C(N)=N[C@@H](CNC(=O)c5cc(=O)[nH]c(=O)[nH]5)[C@@H]5[NH+]=C(N)N[C@@]54[C@@H]3O)cccc21. The van der Waals surface area contributed by atoms with Gasteiger partial charge < -0.3 is 36.1 Å². The van der Waals surface area contributed by atoms with Crippen LogP contribution in [0.4, 0.5) is 0 Å². The second-order valence-corrected chi connectivity index (χ2v) is 11.6. The molecule has 16 heteroatoms. The Labute approximate surface area is 238 Å². The van der Waals surface area contributed by atoms with Gasteiger partial charge in [-0.3, -0.25) is 30.1 Å². The van der Waals surface area contributed by atoms with Gasteiger partial charge in [0.25, 0.3) is 17.4 Å². The predicted octanol–water partition coefficient (Wildman–Crippen LogP) is -4.91. The van der Waals surface area contributed by atoms with E-state index < -0.39 is 53.0 Å². The number of rotatable bonds is 5. The number of nitrogens with zero attached hydrogens (tertiary/aromatic N) is 2. The maximum atomic E-state index is 13.5. The molecule has 0 radical (unpaired) electrons. The number of aromatic amines is 2. The molecule has 4 aliphatic rings. The number of aliphatic imine (C=N–C) groups is 1. The highest BCUT2D eigenvalue weighted by atomic mass is 16.5. The van der Waals surface area contributed by atoms with Gasteiger partial charge >= 0.3 is 11.6 Å². The van der Waals surface area contributed by atoms with E-state index in [1.165, 1.54) is 0 Å². The van der Waals surface area contributed by atoms with Gasteiger partial charge in [0.05, 0.1) is 18.2 Å². The summed E-state index contributed by atoms with van der Waals surface area (Å²) in [5.74, 6) is -0.360. The van der Waals surface area contributed by atoms with Crippen molar-refractivity contribution < 1.29 is 24.4 Å². The minimum absolute atomic E-state index is 0.0667. The van der Waals surface area contributed by atoms with Crippen LogP contribution in [0.25, 0.3) is 0 Å². The molecule has 222 valence electrons. The Bertz CT molecular complexity index is 1620. The summed E-state index contributed by atoms with van der Waals surface area (Å²) in [6, 6.07) is 4.22. The van der Waals surface area contributed by atoms with Gasteiger partial charge in [0.1, 0.15) is 23.6 Å². The smallest absolute Gasteiger partial charge is 0.343 e. The summed E-state index contributed by atoms with van der Waals surface area (Å²) < 4.78 is 5.91. The molecule has 1 unspecified atom stereocenters. The van der Waals surface area contributed by atoms with Crippen LogP contribution in [0.15, 0.2) is 38.8 Å². The van der Waals surface area contributed by atoms with E-state index in [0.29, 0.717) is 17.9 Å². The zero-order valence-corrected chi connectivity index (χ0v) is 23.0. The van der Waals surface area contributed by atoms with Crippen LogP contribution in [0.3, 0.4) is 0 Å². The van der Waals surface area contributed by atoms with Gasteiger partial charge in [0.15, 0.2) is 12.0 Å². The number of aliphatic hydroxyl groups excluding tert-OH is 1. The monoisotopic (exact) mass is 581 g/mol. The van der Waals surface area contributed by atoms with Crippen LogP contribution in [-0.4, -0.2) is 93.3 Å². The number of amides is 2. The molecule has 1 aromatic heterocycles. The molecule has 11 N–H and O–H groups in total. The van der Waals surface area contributed by atoms with Gasteiger partial charge in [-0.25, -0.2) is 15.1 Å². The van der Waals surface area contributed by atoms with Crippen molar-refractivity contribution in [2.75, 3.05) is 19.7 Å². The maximum Gasteiger partial charge on any atom is 0.343 e. The summed E-state index contributed by atoms with van der Waals surface area (Å²) in [4.78, 5) is 62.9. The topological polar surface area (TPSA) is 247 Å². The number of aromatic nitrogens is 2. The lowest BCUT2D eigenvalue weighted by molar-refractivity contribution is -0.513. The highest BCUT2D eigenvalue weighted by Gasteiger charge is 2.68. The Hall–Kier alpha value is -4.86. The number of nitrogens with one attached hydrogen (secondary N) is 6. The van der Waals surface area contributed by atoms with E-state index in [1.807, 2.05) is 17.1 Å². The number of ether oxygens (including phenoxy) is 1. The number of benzene rings is 1. The lowest BCUT2D eigenvalue weighted by atomic mass is 9.79. The molecule has 6 rings (SSSR count). The molecule has 1 spiro atoms. The quantitative estimate of drug-likeness (QED) is 0.163. The first-order valence-electron chi connectivity index (χ1n) is 13.6. The Morgan fingerprint density at radius 1 is 1.24 bits per heavy atom. The summed E-state index contributed by atoms with van der Waals surface area (Å²) in [5, 5.41) is 20.4. The van der Waals surface area contributed by atoms with Gasteiger partial charge in [-0.15, -0.1) is 0 Å². The van der Waals surface area contributed by atoms with Crippen molar-refractivity contribution in [1.82, 2.24) is 30.8 Å². The first-order valence-corrected chi connectivity index (χ1v) is 13.6. The summed E-state index contributed by atoms with van der Waals surface area (Å²) in [5.41, 5.74) is 10.6. The number of nitrogens with two attached hydrogens (primary N) is 2. The summed E-state index contributed by atoms with van der Waals surface area (Å²) in [6.07, 6.45) is -0.392. The average molecular weight is 582 g/mol. The molecule has 5 heterocycles. The van der Waals surface area contributed by atoms with E-state index in [-0.39, 0.29) is 36.1 Å². The third kappa shape index (κ3) is 4.25. The molecule has 1 saturated heterocycles. The minimum Gasteiger partial charge on any atom is -0.492 e. The van der Waals surface area contributed by atoms with Gasteiger partial charge in [0, 0.05) is 24.7 Å². The van der Waals surface area contributed by atoms with Gasteiger partial charge in [-0.2, -0.15) is 0 Å². The number of carbonyl (C=O) groups is 2. The van der Waals surface area contributed by atoms with E-state index in [4.69, 9.17) is 16.2 Å². The van der Waals surface area contributed by atoms with Gasteiger partial charge in [0.2, 0.25) is 5.66 Å². The van der Waals surface area contributed by atoms with Crippen molar-refractivity contribution in [3.05, 3.63) is 61.9 Å². The third-order valence-electron chi connectivity index (χ3n) is 8.49. The number of H-pyrrole nitrogens is 2. The van der Waals surface area contributed by atoms with Crippen molar-refractivity contribution in [3.63, 3.8) is 0 Å². The molecule has 2 amide bonds. The van der Waals surface area contributed by atoms with Gasteiger partial charge in [-0.05, 0) is 17.9 Å². The molecular formula is C26H33N10O6+. The Morgan fingerprint density at radius 2 is 2.02 bits per heavy atom. The molecule has 0 bridgehead atoms. The van der Waals surface area contributed by atoms with Crippen LogP contribution in [0, 0.1) is 0 Å². The number of para-hydroxylation sites is 1. The molecule has 16 nitrogen and oxygen atoms in total. The van der Waals surface area contributed by atoms with Crippen LogP contribution in [0.1, 0.15) is 46.7 Å². The number of hydrogen-bond donors (Lipinski definition) is 9. The molecule has 2 aromatic rings. The van der Waals surface area contributed by atoms with E-state index in [2.05, 4.69) is 44.8 Å². The molecule has 1 fully saturated rings. The molecule has 1 aromatic carbocycles. The first-order chi connectivity index (χ1) is 19.9. The first kappa shape index (κ1) is 27.3. The van der Waals surface area contributed by atoms with Crippen molar-refractivity contribution in [2.24, 2.45) is 16.5 Å². The Balaban J connectivity index is 1.23. The highest BCUT2D eigenvalue weighted by Crippen LogP contribution is 2.41. The van der Waals surface area contributed by atoms with Crippen LogP contribution in [0.2, 0.25) is 0 Å². The number of guanidine groups is 2. The number of fused-ring (bicyclic) bond motifs is 1. The number of carbonyl (C=O) groups excluding carboxylic acids is 2. The van der Waals surface area contributed by atoms with E-state index in [0.717, 1.165) is 18.1 Å². The molecule has 42 heavy (non-hydrogen) atoms. The van der Waals surface area contributed by atoms with Crippen LogP contribution in [0.5, 0.6) is 5.75 Å². The van der Waals surface area contributed by atoms with Crippen LogP contribution in [-0.2, 0) is 5.41 Å². The normalized spacial score (nSPS) is 28.7. The lowest BCUT2D eigenvalue weighted by Gasteiger charge is -2.43. The number of hydrogen-bond acceptors (Lipinski definition) is 11. The Kier molecular flexibility index (Phi) is 6.25. The molecule has 4 aliphatic heterocycles. The Morgan fingerprint density at radius 3 is 2.79 bits per heavy atom. The summed E-state index contributed by atoms with van der Waals surface area (Å²) >= 11 is 0. The fourth-order valence-electron chi connectivity index (χ4n) is 6.37. The van der Waals surface area contributed by atoms with Crippen molar-refractivity contribution >= 4 is 23.7 Å². The van der Waals surface area contributed by atoms with E-state index >= 15 is 0 Å². The summed E-state index contributed by atoms with van der Waals surface area (Å²) in [6.45, 7) is 4.74. The third-order valence-corrected chi connectivity index (χ3v) is 8.49. The molecule has 0 aliphatic carbocycles. The maximum absolute atomic E-state index is 13.5. The zero-order valence-electron chi connectivity index (χ0n) is 23.0. The molecular weight excluding hydrogens is 548 g/mol. The highest BCUT2D eigenvalue weighted by molar-refractivity contribution is 5.98. The number of aliphatic hydroxyl groups is 1. The van der Waals surface area contributed by atoms with E-state index in [9.17, 15) is 24.3 Å². The molecule has 0 saturated carbocycles. The lowest BCUT2D eigenvalue weighted by Crippen LogP contribution is -2.88. The fraction of sp³-hybridized carbons (Fsp3) is 0.462. The predicted molar refractivity (Wildman–Crippen MR) is 149 cm³/mol. The second kappa shape index (κ2) is 9.61. The molecule has 5 atom stereocenters. The van der Waals surface area contributed by atoms with Crippen LogP contribution >= 0.6 is 0 Å². The largest absolute Gasteiger partial charge is 0.492 e. The standard InChI is InChI=1S/C26H32N10O6/c1-25(2)6-7-42-17-11(4-3-5-12(17)25)20(39)30-15-10-36-23(28)31-14(18-26(36,19(15)38)35-22(27)34-18)9-29-21(40)13-8-16(37)33-24(41)32-13/h3-5,8,14-15,18-19,38H,6-7,9-10H2,1-2H3,(H2,28,31)(H,29,40)(H,30,39)(H3,27,34,35)(H2,32,33,37,41)/p+1/t14-,15?,18-,19+,26-/m0/s1. The van der Waals surface area contributed by atoms with Crippen molar-refractivity contribution in [1.29, 1.82) is 0 Å². The fourth-order valence-corrected chi connectivity index (χ4v) is 6.37.